The van der Waals surface area contributed by atoms with Gasteiger partial charge in [-0.1, -0.05) is 35.9 Å². The van der Waals surface area contributed by atoms with Crippen LogP contribution in [0.15, 0.2) is 49.3 Å². The minimum Gasteiger partial charge on any atom is -0.350 e. The van der Waals surface area contributed by atoms with E-state index in [2.05, 4.69) is 58.4 Å². The van der Waals surface area contributed by atoms with Gasteiger partial charge in [0.15, 0.2) is 0 Å². The number of hydrogen-bond acceptors (Lipinski definition) is 4. The van der Waals surface area contributed by atoms with Crippen LogP contribution < -0.4 is 10.6 Å². The van der Waals surface area contributed by atoms with Gasteiger partial charge in [0.05, 0.1) is 5.56 Å². The lowest BCUT2D eigenvalue weighted by Crippen LogP contribution is -2.23. The van der Waals surface area contributed by atoms with Gasteiger partial charge < -0.3 is 10.6 Å². The molecule has 0 spiro atoms. The minimum atomic E-state index is -0.208. The summed E-state index contributed by atoms with van der Waals surface area (Å²) in [6.07, 6.45) is 4.63. The van der Waals surface area contributed by atoms with Crippen molar-refractivity contribution in [2.45, 2.75) is 13.5 Å². The number of rotatable bonds is 6. The first-order valence-corrected chi connectivity index (χ1v) is 6.69. The molecule has 0 atom stereocenters. The van der Waals surface area contributed by atoms with Gasteiger partial charge in [0.2, 0.25) is 5.95 Å². The van der Waals surface area contributed by atoms with E-state index in [-0.39, 0.29) is 5.91 Å². The van der Waals surface area contributed by atoms with E-state index in [9.17, 15) is 4.79 Å². The van der Waals surface area contributed by atoms with E-state index in [1.165, 1.54) is 18.0 Å². The summed E-state index contributed by atoms with van der Waals surface area (Å²) in [7, 11) is 0. The van der Waals surface area contributed by atoms with E-state index >= 15 is 0 Å². The molecule has 1 aromatic heterocycles. The summed E-state index contributed by atoms with van der Waals surface area (Å²) in [5.41, 5.74) is 2.81. The maximum Gasteiger partial charge on any atom is 0.254 e. The molecule has 2 N–H and O–H groups in total. The second kappa shape index (κ2) is 7.19. The molecular formula is C16H18N4O. The fourth-order valence-corrected chi connectivity index (χ4v) is 1.69. The Morgan fingerprint density at radius 1 is 1.24 bits per heavy atom. The number of amides is 1. The van der Waals surface area contributed by atoms with Crippen molar-refractivity contribution in [3.8, 4) is 0 Å². The largest absolute Gasteiger partial charge is 0.350 e. The third-order valence-corrected chi connectivity index (χ3v) is 2.89. The minimum absolute atomic E-state index is 0.208. The Hall–Kier alpha value is -2.69. The SMILES string of the molecule is C=CCNC(=O)c1cnc(NCc2ccc(C)cc2)nc1. The van der Waals surface area contributed by atoms with Crippen molar-refractivity contribution in [1.82, 2.24) is 15.3 Å². The zero-order chi connectivity index (χ0) is 15.1. The molecule has 0 bridgehead atoms. The lowest BCUT2D eigenvalue weighted by Gasteiger charge is -2.06. The molecular weight excluding hydrogens is 264 g/mol. The van der Waals surface area contributed by atoms with E-state index in [1.807, 2.05) is 0 Å². The second-order valence-corrected chi connectivity index (χ2v) is 4.63. The van der Waals surface area contributed by atoms with Gasteiger partial charge in [-0.3, -0.25) is 4.79 Å². The van der Waals surface area contributed by atoms with Crippen LogP contribution in [0.25, 0.3) is 0 Å². The van der Waals surface area contributed by atoms with Gasteiger partial charge in [0.1, 0.15) is 0 Å². The van der Waals surface area contributed by atoms with Crippen molar-refractivity contribution < 1.29 is 4.79 Å². The van der Waals surface area contributed by atoms with Crippen LogP contribution in [0.4, 0.5) is 5.95 Å². The van der Waals surface area contributed by atoms with Crippen molar-refractivity contribution in [2.24, 2.45) is 0 Å². The van der Waals surface area contributed by atoms with Crippen LogP contribution in [0.3, 0.4) is 0 Å². The smallest absolute Gasteiger partial charge is 0.254 e. The fraction of sp³-hybridized carbons (Fsp3) is 0.188. The number of aryl methyl sites for hydroxylation is 1. The Bertz CT molecular complexity index is 605. The quantitative estimate of drug-likeness (QED) is 0.798. The molecule has 1 aromatic carbocycles. The first-order valence-electron chi connectivity index (χ1n) is 6.69. The van der Waals surface area contributed by atoms with E-state index in [4.69, 9.17) is 0 Å². The molecule has 0 fully saturated rings. The summed E-state index contributed by atoms with van der Waals surface area (Å²) in [6.45, 7) is 6.66. The van der Waals surface area contributed by atoms with Crippen LogP contribution in [0.1, 0.15) is 21.5 Å². The fourth-order valence-electron chi connectivity index (χ4n) is 1.69. The maximum absolute atomic E-state index is 11.7. The Labute approximate surface area is 124 Å². The Kier molecular flexibility index (Phi) is 5.04. The molecule has 5 nitrogen and oxygen atoms in total. The number of anilines is 1. The summed E-state index contributed by atoms with van der Waals surface area (Å²) in [6, 6.07) is 8.23. The molecule has 0 aliphatic heterocycles. The van der Waals surface area contributed by atoms with Crippen molar-refractivity contribution in [2.75, 3.05) is 11.9 Å². The average Bonchev–Trinajstić information content (AvgIpc) is 2.52. The van der Waals surface area contributed by atoms with E-state index in [1.54, 1.807) is 6.08 Å². The summed E-state index contributed by atoms with van der Waals surface area (Å²) < 4.78 is 0. The van der Waals surface area contributed by atoms with Gasteiger partial charge in [-0.25, -0.2) is 9.97 Å². The average molecular weight is 282 g/mol. The number of nitrogens with zero attached hydrogens (tertiary/aromatic N) is 2. The van der Waals surface area contributed by atoms with Crippen LogP contribution in [-0.4, -0.2) is 22.4 Å². The zero-order valence-electron chi connectivity index (χ0n) is 12.0. The van der Waals surface area contributed by atoms with E-state index in [0.29, 0.717) is 24.6 Å². The van der Waals surface area contributed by atoms with Crippen LogP contribution in [0.2, 0.25) is 0 Å². The Balaban J connectivity index is 1.91. The summed E-state index contributed by atoms with van der Waals surface area (Å²) >= 11 is 0. The van der Waals surface area contributed by atoms with Gasteiger partial charge in [-0.05, 0) is 12.5 Å². The highest BCUT2D eigenvalue weighted by molar-refractivity contribution is 5.93. The monoisotopic (exact) mass is 282 g/mol. The first kappa shape index (κ1) is 14.7. The topological polar surface area (TPSA) is 66.9 Å². The van der Waals surface area contributed by atoms with Crippen molar-refractivity contribution >= 4 is 11.9 Å². The number of nitrogens with one attached hydrogen (secondary N) is 2. The first-order chi connectivity index (χ1) is 10.2. The van der Waals surface area contributed by atoms with Gasteiger partial charge in [0.25, 0.3) is 5.91 Å². The van der Waals surface area contributed by atoms with E-state index < -0.39 is 0 Å². The van der Waals surface area contributed by atoms with Crippen LogP contribution in [0.5, 0.6) is 0 Å². The molecule has 1 amide bonds. The summed E-state index contributed by atoms with van der Waals surface area (Å²) in [5, 5.41) is 5.79. The van der Waals surface area contributed by atoms with Gasteiger partial charge in [0, 0.05) is 25.5 Å². The van der Waals surface area contributed by atoms with Crippen LogP contribution in [0, 0.1) is 6.92 Å². The lowest BCUT2D eigenvalue weighted by atomic mass is 10.1. The van der Waals surface area contributed by atoms with Crippen LogP contribution in [-0.2, 0) is 6.54 Å². The third-order valence-electron chi connectivity index (χ3n) is 2.89. The predicted molar refractivity (Wildman–Crippen MR) is 83.1 cm³/mol. The van der Waals surface area contributed by atoms with Gasteiger partial charge in [-0.2, -0.15) is 0 Å². The van der Waals surface area contributed by atoms with Crippen molar-refractivity contribution in [1.29, 1.82) is 0 Å². The van der Waals surface area contributed by atoms with Crippen molar-refractivity contribution in [3.63, 3.8) is 0 Å². The molecule has 1 heterocycles. The zero-order valence-corrected chi connectivity index (χ0v) is 12.0. The molecule has 0 unspecified atom stereocenters. The number of carbonyl (C=O) groups is 1. The molecule has 0 saturated heterocycles. The molecule has 0 saturated carbocycles. The normalized spacial score (nSPS) is 9.95. The maximum atomic E-state index is 11.7. The summed E-state index contributed by atoms with van der Waals surface area (Å²) in [4.78, 5) is 19.9. The summed E-state index contributed by atoms with van der Waals surface area (Å²) in [5.74, 6) is 0.288. The molecule has 0 aliphatic carbocycles. The third kappa shape index (κ3) is 4.42. The number of carbonyl (C=O) groups excluding carboxylic acids is 1. The number of aromatic nitrogens is 2. The Morgan fingerprint density at radius 3 is 2.52 bits per heavy atom. The lowest BCUT2D eigenvalue weighted by molar-refractivity contribution is 0.0957. The molecule has 0 aliphatic rings. The number of benzene rings is 1. The number of hydrogen-bond donors (Lipinski definition) is 2. The highest BCUT2D eigenvalue weighted by Gasteiger charge is 2.05. The van der Waals surface area contributed by atoms with Gasteiger partial charge in [-0.15, -0.1) is 6.58 Å². The highest BCUT2D eigenvalue weighted by Crippen LogP contribution is 2.06. The molecule has 2 aromatic rings. The molecule has 5 heteroatoms. The predicted octanol–water partition coefficient (Wildman–Crippen LogP) is 2.31. The van der Waals surface area contributed by atoms with E-state index in [0.717, 1.165) is 5.56 Å². The van der Waals surface area contributed by atoms with Gasteiger partial charge >= 0.3 is 0 Å². The van der Waals surface area contributed by atoms with Crippen LogP contribution >= 0.6 is 0 Å². The molecule has 2 rings (SSSR count). The van der Waals surface area contributed by atoms with Crippen molar-refractivity contribution in [3.05, 3.63) is 66.0 Å². The standard InChI is InChI=1S/C16H18N4O/c1-3-8-17-15(21)14-10-19-16(20-11-14)18-9-13-6-4-12(2)5-7-13/h3-7,10-11H,1,8-9H2,2H3,(H,17,21)(H,18,19,20). The highest BCUT2D eigenvalue weighted by atomic mass is 16.1. The molecule has 108 valence electrons. The molecule has 0 radical (unpaired) electrons. The second-order valence-electron chi connectivity index (χ2n) is 4.63. The Morgan fingerprint density at radius 2 is 1.90 bits per heavy atom. The molecule has 21 heavy (non-hydrogen) atoms.